The van der Waals surface area contributed by atoms with Crippen molar-refractivity contribution in [3.8, 4) is 0 Å². The Morgan fingerprint density at radius 3 is 2.59 bits per heavy atom. The van der Waals surface area contributed by atoms with E-state index in [2.05, 4.69) is 5.43 Å². The Labute approximate surface area is 104 Å². The fourth-order valence-corrected chi connectivity index (χ4v) is 2.78. The SMILES string of the molecule is Cc1ccc(C(NN)c2cccc(C)c2F)s1. The Morgan fingerprint density at radius 2 is 2.00 bits per heavy atom. The van der Waals surface area contributed by atoms with Gasteiger partial charge >= 0.3 is 0 Å². The van der Waals surface area contributed by atoms with E-state index in [1.807, 2.05) is 25.1 Å². The zero-order chi connectivity index (χ0) is 12.4. The summed E-state index contributed by atoms with van der Waals surface area (Å²) in [5, 5.41) is 0. The lowest BCUT2D eigenvalue weighted by Crippen LogP contribution is -2.29. The summed E-state index contributed by atoms with van der Waals surface area (Å²) >= 11 is 1.62. The lowest BCUT2D eigenvalue weighted by Gasteiger charge is -2.16. The highest BCUT2D eigenvalue weighted by Gasteiger charge is 2.18. The van der Waals surface area contributed by atoms with Crippen LogP contribution in [0.4, 0.5) is 4.39 Å². The molecule has 0 aliphatic heterocycles. The van der Waals surface area contributed by atoms with Crippen LogP contribution in [0.3, 0.4) is 0 Å². The van der Waals surface area contributed by atoms with Crippen molar-refractivity contribution in [1.29, 1.82) is 0 Å². The van der Waals surface area contributed by atoms with Gasteiger partial charge in [-0.05, 0) is 31.5 Å². The predicted molar refractivity (Wildman–Crippen MR) is 69.4 cm³/mol. The van der Waals surface area contributed by atoms with Crippen molar-refractivity contribution < 1.29 is 4.39 Å². The van der Waals surface area contributed by atoms with E-state index < -0.39 is 0 Å². The molecule has 0 aliphatic rings. The number of hydrazine groups is 1. The van der Waals surface area contributed by atoms with Crippen LogP contribution < -0.4 is 11.3 Å². The van der Waals surface area contributed by atoms with Crippen molar-refractivity contribution in [1.82, 2.24) is 5.43 Å². The van der Waals surface area contributed by atoms with Crippen molar-refractivity contribution in [3.05, 3.63) is 57.0 Å². The number of hydrogen-bond donors (Lipinski definition) is 2. The molecule has 3 N–H and O–H groups in total. The minimum atomic E-state index is -0.284. The Morgan fingerprint density at radius 1 is 1.24 bits per heavy atom. The van der Waals surface area contributed by atoms with Gasteiger partial charge < -0.3 is 0 Å². The zero-order valence-electron chi connectivity index (χ0n) is 9.83. The van der Waals surface area contributed by atoms with Gasteiger partial charge in [0.2, 0.25) is 0 Å². The largest absolute Gasteiger partial charge is 0.271 e. The maximum absolute atomic E-state index is 14.0. The third-order valence-electron chi connectivity index (χ3n) is 2.75. The van der Waals surface area contributed by atoms with Crippen LogP contribution >= 0.6 is 11.3 Å². The number of rotatable bonds is 3. The van der Waals surface area contributed by atoms with Crippen LogP contribution in [0.25, 0.3) is 0 Å². The second kappa shape index (κ2) is 4.96. The average molecular weight is 250 g/mol. The molecule has 0 saturated heterocycles. The molecule has 0 spiro atoms. The van der Waals surface area contributed by atoms with Gasteiger partial charge in [-0.15, -0.1) is 11.3 Å². The van der Waals surface area contributed by atoms with E-state index in [4.69, 9.17) is 5.84 Å². The molecule has 2 aromatic rings. The lowest BCUT2D eigenvalue weighted by molar-refractivity contribution is 0.558. The highest BCUT2D eigenvalue weighted by molar-refractivity contribution is 7.12. The highest BCUT2D eigenvalue weighted by Crippen LogP contribution is 2.29. The Bertz CT molecular complexity index is 522. The molecule has 0 radical (unpaired) electrons. The number of thiophene rings is 1. The normalized spacial score (nSPS) is 12.7. The van der Waals surface area contributed by atoms with E-state index in [9.17, 15) is 4.39 Å². The first-order valence-electron chi connectivity index (χ1n) is 5.41. The van der Waals surface area contributed by atoms with E-state index in [0.717, 1.165) is 4.88 Å². The van der Waals surface area contributed by atoms with Crippen molar-refractivity contribution in [2.45, 2.75) is 19.9 Å². The number of aryl methyl sites for hydroxylation is 2. The molecule has 0 amide bonds. The van der Waals surface area contributed by atoms with Gasteiger partial charge in [0.25, 0.3) is 0 Å². The fourth-order valence-electron chi connectivity index (χ4n) is 1.83. The van der Waals surface area contributed by atoms with Crippen LogP contribution in [0, 0.1) is 19.7 Å². The minimum absolute atomic E-state index is 0.193. The summed E-state index contributed by atoms with van der Waals surface area (Å²) in [6.07, 6.45) is 0. The molecule has 4 heteroatoms. The van der Waals surface area contributed by atoms with E-state index in [-0.39, 0.29) is 11.9 Å². The maximum atomic E-state index is 14.0. The standard InChI is InChI=1S/C13H15FN2S/c1-8-4-3-5-10(12(8)14)13(16-15)11-7-6-9(2)17-11/h3-7,13,16H,15H2,1-2H3. The third-order valence-corrected chi connectivity index (χ3v) is 3.81. The first-order chi connectivity index (χ1) is 8.13. The molecule has 1 aromatic heterocycles. The first-order valence-corrected chi connectivity index (χ1v) is 6.22. The summed E-state index contributed by atoms with van der Waals surface area (Å²) < 4.78 is 14.0. The summed E-state index contributed by atoms with van der Waals surface area (Å²) in [5.74, 6) is 5.36. The van der Waals surface area contributed by atoms with E-state index in [1.54, 1.807) is 30.4 Å². The molecule has 0 fully saturated rings. The van der Waals surface area contributed by atoms with Crippen LogP contribution in [-0.2, 0) is 0 Å². The second-order valence-electron chi connectivity index (χ2n) is 4.03. The van der Waals surface area contributed by atoms with E-state index in [1.165, 1.54) is 4.88 Å². The van der Waals surface area contributed by atoms with Gasteiger partial charge in [0.1, 0.15) is 5.82 Å². The molecular weight excluding hydrogens is 235 g/mol. The summed E-state index contributed by atoms with van der Waals surface area (Å²) in [4.78, 5) is 2.21. The van der Waals surface area contributed by atoms with E-state index >= 15 is 0 Å². The maximum Gasteiger partial charge on any atom is 0.131 e. The average Bonchev–Trinajstić information content (AvgIpc) is 2.72. The zero-order valence-corrected chi connectivity index (χ0v) is 10.6. The van der Waals surface area contributed by atoms with Crippen molar-refractivity contribution >= 4 is 11.3 Å². The molecule has 90 valence electrons. The molecule has 1 atom stereocenters. The number of nitrogens with one attached hydrogen (secondary N) is 1. The molecule has 0 aliphatic carbocycles. The number of halogens is 1. The molecule has 1 heterocycles. The van der Waals surface area contributed by atoms with Crippen molar-refractivity contribution in [2.75, 3.05) is 0 Å². The van der Waals surface area contributed by atoms with Crippen LogP contribution in [0.5, 0.6) is 0 Å². The summed E-state index contributed by atoms with van der Waals surface area (Å²) in [5.41, 5.74) is 3.91. The highest BCUT2D eigenvalue weighted by atomic mass is 32.1. The van der Waals surface area contributed by atoms with Gasteiger partial charge in [0.15, 0.2) is 0 Å². The predicted octanol–water partition coefficient (Wildman–Crippen LogP) is 3.06. The minimum Gasteiger partial charge on any atom is -0.271 e. The molecular formula is C13H15FN2S. The number of benzene rings is 1. The van der Waals surface area contributed by atoms with Crippen LogP contribution in [-0.4, -0.2) is 0 Å². The number of nitrogens with two attached hydrogens (primary N) is 1. The second-order valence-corrected chi connectivity index (χ2v) is 5.35. The van der Waals surface area contributed by atoms with Gasteiger partial charge in [0, 0.05) is 15.3 Å². The van der Waals surface area contributed by atoms with Crippen molar-refractivity contribution in [2.24, 2.45) is 5.84 Å². The first kappa shape index (κ1) is 12.2. The van der Waals surface area contributed by atoms with E-state index in [0.29, 0.717) is 11.1 Å². The third kappa shape index (κ3) is 2.39. The van der Waals surface area contributed by atoms with Crippen LogP contribution in [0.1, 0.15) is 26.9 Å². The van der Waals surface area contributed by atoms with Gasteiger partial charge in [0.05, 0.1) is 6.04 Å². The quantitative estimate of drug-likeness (QED) is 0.649. The van der Waals surface area contributed by atoms with Crippen LogP contribution in [0.2, 0.25) is 0 Å². The molecule has 2 nitrogen and oxygen atoms in total. The monoisotopic (exact) mass is 250 g/mol. The molecule has 1 unspecified atom stereocenters. The summed E-state index contributed by atoms with van der Waals surface area (Å²) in [6.45, 7) is 3.78. The Hall–Kier alpha value is -1.23. The molecule has 1 aromatic carbocycles. The Kier molecular flexibility index (Phi) is 3.57. The summed E-state index contributed by atoms with van der Waals surface area (Å²) in [7, 11) is 0. The number of hydrogen-bond acceptors (Lipinski definition) is 3. The summed E-state index contributed by atoms with van der Waals surface area (Å²) in [6, 6.07) is 9.07. The molecule has 0 saturated carbocycles. The smallest absolute Gasteiger partial charge is 0.131 e. The van der Waals surface area contributed by atoms with Gasteiger partial charge in [-0.1, -0.05) is 18.2 Å². The van der Waals surface area contributed by atoms with Gasteiger partial charge in [-0.25, -0.2) is 9.82 Å². The fraction of sp³-hybridized carbons (Fsp3) is 0.231. The molecule has 17 heavy (non-hydrogen) atoms. The van der Waals surface area contributed by atoms with Crippen molar-refractivity contribution in [3.63, 3.8) is 0 Å². The van der Waals surface area contributed by atoms with Crippen LogP contribution in [0.15, 0.2) is 30.3 Å². The van der Waals surface area contributed by atoms with Gasteiger partial charge in [-0.3, -0.25) is 5.84 Å². The molecule has 2 rings (SSSR count). The topological polar surface area (TPSA) is 38.0 Å². The van der Waals surface area contributed by atoms with Gasteiger partial charge in [-0.2, -0.15) is 0 Å². The Balaban J connectivity index is 2.45. The molecule has 0 bridgehead atoms. The lowest BCUT2D eigenvalue weighted by atomic mass is 10.0.